The van der Waals surface area contributed by atoms with Gasteiger partial charge in [0.15, 0.2) is 10.7 Å². The predicted molar refractivity (Wildman–Crippen MR) is 61.4 cm³/mol. The molecule has 14 heavy (non-hydrogen) atoms. The summed E-state index contributed by atoms with van der Waals surface area (Å²) in [7, 11) is -2.47. The number of benzene rings is 1. The Bertz CT molecular complexity index is 366. The van der Waals surface area contributed by atoms with Gasteiger partial charge < -0.3 is 0 Å². The normalized spacial score (nSPS) is 12.0. The Kier molecular flexibility index (Phi) is 3.72. The van der Waals surface area contributed by atoms with Gasteiger partial charge in [0.1, 0.15) is 0 Å². The van der Waals surface area contributed by atoms with Crippen LogP contribution in [0.15, 0.2) is 29.2 Å². The average molecular weight is 276 g/mol. The van der Waals surface area contributed by atoms with E-state index in [1.807, 2.05) is 19.1 Å². The monoisotopic (exact) mass is 275 g/mol. The first-order chi connectivity index (χ1) is 6.38. The average Bonchev–Trinajstić information content (AvgIpc) is 2.02. The first-order valence-electron chi connectivity index (χ1n) is 4.16. The predicted octanol–water partition coefficient (Wildman–Crippen LogP) is 2.19. The lowest BCUT2D eigenvalue weighted by molar-refractivity contribution is 0.614. The minimum Gasteiger partial charge on any atom is -0.227 e. The Morgan fingerprint density at radius 1 is 1.36 bits per heavy atom. The van der Waals surface area contributed by atoms with Gasteiger partial charge in [0.2, 0.25) is 0 Å². The smallest absolute Gasteiger partial charge is 0.168 e. The second kappa shape index (κ2) is 4.45. The van der Waals surface area contributed by atoms with Crippen LogP contribution in [0.1, 0.15) is 12.5 Å². The SMILES string of the molecule is [CH2]C(C)(Br)Cc1ccc([SH](=O)=O)cc1. The van der Waals surface area contributed by atoms with Gasteiger partial charge in [-0.1, -0.05) is 28.1 Å². The third kappa shape index (κ3) is 3.80. The molecule has 0 amide bonds. The summed E-state index contributed by atoms with van der Waals surface area (Å²) >= 11 is 3.43. The molecule has 1 rings (SSSR count). The van der Waals surface area contributed by atoms with Gasteiger partial charge in [0.25, 0.3) is 0 Å². The Hall–Kier alpha value is -0.350. The van der Waals surface area contributed by atoms with Crippen molar-refractivity contribution in [3.8, 4) is 0 Å². The van der Waals surface area contributed by atoms with E-state index in [0.717, 1.165) is 12.0 Å². The third-order valence-corrected chi connectivity index (χ3v) is 2.72. The zero-order chi connectivity index (χ0) is 10.8. The Morgan fingerprint density at radius 2 is 1.86 bits per heavy atom. The molecule has 1 aromatic carbocycles. The van der Waals surface area contributed by atoms with Gasteiger partial charge in [0.05, 0.1) is 4.90 Å². The Morgan fingerprint density at radius 3 is 2.21 bits per heavy atom. The first-order valence-corrected chi connectivity index (χ1v) is 6.13. The molecule has 0 fully saturated rings. The number of hydrogen-bond acceptors (Lipinski definition) is 2. The lowest BCUT2D eigenvalue weighted by atomic mass is 10.0. The minimum absolute atomic E-state index is 0.200. The lowest BCUT2D eigenvalue weighted by Gasteiger charge is -2.15. The lowest BCUT2D eigenvalue weighted by Crippen LogP contribution is -2.13. The van der Waals surface area contributed by atoms with Gasteiger partial charge in [-0.15, -0.1) is 0 Å². The van der Waals surface area contributed by atoms with E-state index in [9.17, 15) is 8.42 Å². The number of alkyl halides is 1. The highest BCUT2D eigenvalue weighted by Crippen LogP contribution is 2.21. The number of rotatable bonds is 3. The van der Waals surface area contributed by atoms with Gasteiger partial charge in [-0.25, -0.2) is 8.42 Å². The third-order valence-electron chi connectivity index (χ3n) is 1.72. The van der Waals surface area contributed by atoms with Crippen LogP contribution in [0.3, 0.4) is 0 Å². The fraction of sp³-hybridized carbons (Fsp3) is 0.300. The van der Waals surface area contributed by atoms with Crippen LogP contribution < -0.4 is 0 Å². The van der Waals surface area contributed by atoms with E-state index in [4.69, 9.17) is 0 Å². The minimum atomic E-state index is -2.47. The van der Waals surface area contributed by atoms with Crippen LogP contribution in [0.2, 0.25) is 0 Å². The van der Waals surface area contributed by atoms with Crippen LogP contribution >= 0.6 is 15.9 Å². The molecule has 0 aromatic heterocycles. The highest BCUT2D eigenvalue weighted by molar-refractivity contribution is 9.10. The molecule has 1 atom stereocenters. The molecule has 1 aromatic rings. The van der Waals surface area contributed by atoms with E-state index in [0.29, 0.717) is 4.90 Å². The maximum atomic E-state index is 10.6. The maximum absolute atomic E-state index is 10.6. The van der Waals surface area contributed by atoms with E-state index < -0.39 is 10.7 Å². The van der Waals surface area contributed by atoms with Crippen molar-refractivity contribution in [2.45, 2.75) is 22.6 Å². The zero-order valence-corrected chi connectivity index (χ0v) is 10.3. The summed E-state index contributed by atoms with van der Waals surface area (Å²) in [6.07, 6.45) is 0.767. The van der Waals surface area contributed by atoms with Crippen molar-refractivity contribution >= 4 is 26.6 Å². The number of hydrogen-bond donors (Lipinski definition) is 1. The van der Waals surface area contributed by atoms with Crippen LogP contribution in [0.5, 0.6) is 0 Å². The molecule has 0 saturated carbocycles. The molecule has 0 bridgehead atoms. The molecule has 77 valence electrons. The Labute approximate surface area is 94.4 Å². The van der Waals surface area contributed by atoms with Gasteiger partial charge in [0, 0.05) is 4.32 Å². The molecule has 0 N–H and O–H groups in total. The first kappa shape index (κ1) is 11.7. The van der Waals surface area contributed by atoms with E-state index in [2.05, 4.69) is 22.9 Å². The Balaban J connectivity index is 2.84. The molecule has 1 radical (unpaired) electrons. The molecule has 1 unspecified atom stereocenters. The molecule has 0 aliphatic heterocycles. The van der Waals surface area contributed by atoms with Crippen molar-refractivity contribution in [1.29, 1.82) is 0 Å². The van der Waals surface area contributed by atoms with Gasteiger partial charge in [-0.3, -0.25) is 0 Å². The second-order valence-electron chi connectivity index (χ2n) is 3.51. The zero-order valence-electron chi connectivity index (χ0n) is 7.87. The van der Waals surface area contributed by atoms with Gasteiger partial charge in [-0.2, -0.15) is 0 Å². The quantitative estimate of drug-likeness (QED) is 0.678. The molecule has 0 aliphatic rings. The van der Waals surface area contributed by atoms with Crippen LogP contribution in [0.25, 0.3) is 0 Å². The van der Waals surface area contributed by atoms with E-state index in [-0.39, 0.29) is 4.32 Å². The standard InChI is InChI=1S/C10H12BrO2S/c1-10(2,11)7-8-3-5-9(6-4-8)14(12)13/h3-6,14H,1,7H2,2H3. The van der Waals surface area contributed by atoms with E-state index in [1.165, 1.54) is 0 Å². The summed E-state index contributed by atoms with van der Waals surface area (Å²) in [5.74, 6) is 0. The van der Waals surface area contributed by atoms with Crippen molar-refractivity contribution in [1.82, 2.24) is 0 Å². The largest absolute Gasteiger partial charge is 0.227 e. The summed E-state index contributed by atoms with van der Waals surface area (Å²) in [5.41, 5.74) is 1.07. The molecule has 4 heteroatoms. The maximum Gasteiger partial charge on any atom is 0.168 e. The van der Waals surface area contributed by atoms with Crippen molar-refractivity contribution in [2.75, 3.05) is 0 Å². The summed E-state index contributed by atoms with van der Waals surface area (Å²) in [4.78, 5) is 0.351. The fourth-order valence-electron chi connectivity index (χ4n) is 1.16. The molecule has 0 heterocycles. The summed E-state index contributed by atoms with van der Waals surface area (Å²) in [6.45, 7) is 5.89. The highest BCUT2D eigenvalue weighted by Gasteiger charge is 2.13. The van der Waals surface area contributed by atoms with Gasteiger partial charge in [-0.05, 0) is 38.0 Å². The topological polar surface area (TPSA) is 34.1 Å². The number of halogens is 1. The van der Waals surface area contributed by atoms with Crippen molar-refractivity contribution in [2.24, 2.45) is 0 Å². The van der Waals surface area contributed by atoms with Crippen LogP contribution in [0.4, 0.5) is 0 Å². The van der Waals surface area contributed by atoms with Crippen molar-refractivity contribution < 1.29 is 8.42 Å². The highest BCUT2D eigenvalue weighted by atomic mass is 79.9. The molecule has 2 nitrogen and oxygen atoms in total. The summed E-state index contributed by atoms with van der Waals surface area (Å²) in [6, 6.07) is 6.84. The molecule has 0 spiro atoms. The second-order valence-corrected chi connectivity index (χ2v) is 6.46. The summed E-state index contributed by atoms with van der Waals surface area (Å²) in [5, 5.41) is 0. The van der Waals surface area contributed by atoms with Crippen LogP contribution in [-0.4, -0.2) is 12.7 Å². The van der Waals surface area contributed by atoms with Crippen molar-refractivity contribution in [3.63, 3.8) is 0 Å². The van der Waals surface area contributed by atoms with E-state index >= 15 is 0 Å². The molecular formula is C10H12BrO2S. The summed E-state index contributed by atoms with van der Waals surface area (Å²) < 4.78 is 21.0. The molecule has 0 aliphatic carbocycles. The van der Waals surface area contributed by atoms with Gasteiger partial charge >= 0.3 is 0 Å². The number of thiol groups is 1. The fourth-order valence-corrected chi connectivity index (χ4v) is 1.88. The van der Waals surface area contributed by atoms with Crippen LogP contribution in [0, 0.1) is 6.92 Å². The molecule has 0 saturated heterocycles. The molecular weight excluding hydrogens is 264 g/mol. The van der Waals surface area contributed by atoms with E-state index in [1.54, 1.807) is 12.1 Å². The van der Waals surface area contributed by atoms with Crippen LogP contribution in [-0.2, 0) is 17.1 Å². The van der Waals surface area contributed by atoms with Crippen molar-refractivity contribution in [3.05, 3.63) is 36.8 Å².